The zero-order valence-electron chi connectivity index (χ0n) is 27.8. The maximum atomic E-state index is 12.2. The first-order valence-corrected chi connectivity index (χ1v) is 16.6. The van der Waals surface area contributed by atoms with Crippen LogP contribution in [0.1, 0.15) is 94.9 Å². The normalized spacial score (nSPS) is 12.2. The number of anilines is 2. The van der Waals surface area contributed by atoms with E-state index >= 15 is 0 Å². The molecule has 0 spiro atoms. The van der Waals surface area contributed by atoms with Crippen molar-refractivity contribution in [3.63, 3.8) is 0 Å². The van der Waals surface area contributed by atoms with Gasteiger partial charge in [-0.2, -0.15) is 0 Å². The maximum absolute atomic E-state index is 12.2. The molecule has 0 aliphatic carbocycles. The number of rotatable bonds is 16. The number of hydrogen-bond acceptors (Lipinski definition) is 4. The van der Waals surface area contributed by atoms with Crippen LogP contribution in [0.25, 0.3) is 10.8 Å². The van der Waals surface area contributed by atoms with Gasteiger partial charge >= 0.3 is 5.97 Å². The lowest BCUT2D eigenvalue weighted by Crippen LogP contribution is -2.26. The molecule has 4 heteroatoms. The number of aryl methyl sites for hydroxylation is 1. The number of hydrogen-bond donors (Lipinski definition) is 1. The van der Waals surface area contributed by atoms with E-state index in [4.69, 9.17) is 4.74 Å². The molecule has 0 amide bonds. The van der Waals surface area contributed by atoms with Gasteiger partial charge < -0.3 is 15.0 Å². The molecule has 0 bridgehead atoms. The van der Waals surface area contributed by atoms with Gasteiger partial charge in [-0.3, -0.25) is 4.79 Å². The summed E-state index contributed by atoms with van der Waals surface area (Å²) in [6.45, 7) is 15.9. The van der Waals surface area contributed by atoms with E-state index in [1.807, 2.05) is 20.8 Å². The van der Waals surface area contributed by atoms with Gasteiger partial charge in [-0.15, -0.1) is 0 Å². The molecule has 4 aromatic carbocycles. The largest absolute Gasteiger partial charge is 0.465 e. The number of esters is 1. The standard InChI is InChI=1S/C40H52N2O2/c1-7-40(5,6)39(43)44-29-15-11-10-14-28-41-37-27-26-36(34-16-12-13-17-35(34)37)38(31-20-18-30(4)19-21-31)32-22-24-33(25-23-32)42(8-2)9-3/h12-13,16-27,38,41H,7-11,14-15,28-29H2,1-6H3. The Morgan fingerprint density at radius 3 is 2.02 bits per heavy atom. The molecule has 4 nitrogen and oxygen atoms in total. The van der Waals surface area contributed by atoms with Crippen LogP contribution in [0.2, 0.25) is 0 Å². The Kier molecular flexibility index (Phi) is 11.9. The van der Waals surface area contributed by atoms with E-state index in [9.17, 15) is 4.79 Å². The molecule has 0 aliphatic rings. The summed E-state index contributed by atoms with van der Waals surface area (Å²) in [4.78, 5) is 14.6. The van der Waals surface area contributed by atoms with Crippen LogP contribution in [0.15, 0.2) is 84.9 Å². The van der Waals surface area contributed by atoms with Crippen molar-refractivity contribution >= 4 is 28.1 Å². The first kappa shape index (κ1) is 33.1. The summed E-state index contributed by atoms with van der Waals surface area (Å²) in [5, 5.41) is 6.26. The fourth-order valence-electron chi connectivity index (χ4n) is 5.81. The van der Waals surface area contributed by atoms with Crippen LogP contribution in [0.5, 0.6) is 0 Å². The number of carbonyl (C=O) groups is 1. The number of nitrogens with zero attached hydrogens (tertiary/aromatic N) is 1. The summed E-state index contributed by atoms with van der Waals surface area (Å²) in [5.74, 6) is 0.0514. The van der Waals surface area contributed by atoms with Crippen molar-refractivity contribution in [3.8, 4) is 0 Å². The zero-order chi connectivity index (χ0) is 31.5. The number of fused-ring (bicyclic) bond motifs is 1. The highest BCUT2D eigenvalue weighted by atomic mass is 16.5. The number of unbranched alkanes of at least 4 members (excludes halogenated alkanes) is 3. The second-order valence-corrected chi connectivity index (χ2v) is 12.6. The van der Waals surface area contributed by atoms with Crippen molar-refractivity contribution in [2.24, 2.45) is 5.41 Å². The third-order valence-corrected chi connectivity index (χ3v) is 9.09. The highest BCUT2D eigenvalue weighted by Gasteiger charge is 2.26. The Balaban J connectivity index is 1.48. The Morgan fingerprint density at radius 2 is 1.39 bits per heavy atom. The summed E-state index contributed by atoms with van der Waals surface area (Å²) in [6, 6.07) is 31.6. The van der Waals surface area contributed by atoms with Crippen molar-refractivity contribution in [2.45, 2.75) is 79.6 Å². The van der Waals surface area contributed by atoms with Crippen LogP contribution in [0, 0.1) is 12.3 Å². The molecule has 1 N–H and O–H groups in total. The molecule has 0 aliphatic heterocycles. The maximum Gasteiger partial charge on any atom is 0.311 e. The lowest BCUT2D eigenvalue weighted by atomic mass is 9.82. The Labute approximate surface area is 265 Å². The lowest BCUT2D eigenvalue weighted by Gasteiger charge is -2.25. The van der Waals surface area contributed by atoms with Gasteiger partial charge in [0.1, 0.15) is 0 Å². The molecule has 0 saturated carbocycles. The average molecular weight is 593 g/mol. The summed E-state index contributed by atoms with van der Waals surface area (Å²) >= 11 is 0. The smallest absolute Gasteiger partial charge is 0.311 e. The van der Waals surface area contributed by atoms with Crippen LogP contribution in [-0.2, 0) is 9.53 Å². The molecule has 4 rings (SSSR count). The lowest BCUT2D eigenvalue weighted by molar-refractivity contribution is -0.154. The summed E-state index contributed by atoms with van der Waals surface area (Å²) in [5.41, 5.74) is 7.27. The van der Waals surface area contributed by atoms with Gasteiger partial charge in [0.15, 0.2) is 0 Å². The van der Waals surface area contributed by atoms with Crippen molar-refractivity contribution in [2.75, 3.05) is 36.5 Å². The predicted octanol–water partition coefficient (Wildman–Crippen LogP) is 10.1. The molecule has 44 heavy (non-hydrogen) atoms. The van der Waals surface area contributed by atoms with Gasteiger partial charge in [0.25, 0.3) is 0 Å². The number of ether oxygens (including phenoxy) is 1. The van der Waals surface area contributed by atoms with Crippen LogP contribution in [0.3, 0.4) is 0 Å². The number of carbonyl (C=O) groups excluding carboxylic acids is 1. The molecule has 0 heterocycles. The van der Waals surface area contributed by atoms with E-state index in [1.165, 1.54) is 44.4 Å². The fraction of sp³-hybridized carbons (Fsp3) is 0.425. The van der Waals surface area contributed by atoms with Gasteiger partial charge in [0, 0.05) is 42.3 Å². The first-order valence-electron chi connectivity index (χ1n) is 16.6. The van der Waals surface area contributed by atoms with Gasteiger partial charge in [-0.25, -0.2) is 0 Å². The number of benzene rings is 4. The van der Waals surface area contributed by atoms with Crippen LogP contribution in [0.4, 0.5) is 11.4 Å². The third-order valence-electron chi connectivity index (χ3n) is 9.09. The average Bonchev–Trinajstić information content (AvgIpc) is 3.05. The molecule has 234 valence electrons. The summed E-state index contributed by atoms with van der Waals surface area (Å²) in [6.07, 6.45) is 4.96. The van der Waals surface area contributed by atoms with E-state index < -0.39 is 5.41 Å². The second-order valence-electron chi connectivity index (χ2n) is 12.6. The molecular formula is C40H52N2O2. The molecule has 0 aromatic heterocycles. The van der Waals surface area contributed by atoms with Crippen LogP contribution < -0.4 is 10.2 Å². The molecule has 4 aromatic rings. The van der Waals surface area contributed by atoms with E-state index in [0.717, 1.165) is 51.7 Å². The topological polar surface area (TPSA) is 41.6 Å². The summed E-state index contributed by atoms with van der Waals surface area (Å²) < 4.78 is 5.49. The van der Waals surface area contributed by atoms with Crippen LogP contribution >= 0.6 is 0 Å². The van der Waals surface area contributed by atoms with Gasteiger partial charge in [-0.1, -0.05) is 85.6 Å². The van der Waals surface area contributed by atoms with Crippen molar-refractivity contribution in [1.82, 2.24) is 0 Å². The van der Waals surface area contributed by atoms with E-state index in [1.54, 1.807) is 0 Å². The van der Waals surface area contributed by atoms with Gasteiger partial charge in [0.05, 0.1) is 12.0 Å². The highest BCUT2D eigenvalue weighted by Crippen LogP contribution is 2.39. The molecular weight excluding hydrogens is 540 g/mol. The van der Waals surface area contributed by atoms with Gasteiger partial charge in [-0.05, 0) is 101 Å². The Hall–Kier alpha value is -3.79. The quantitative estimate of drug-likeness (QED) is 0.0798. The van der Waals surface area contributed by atoms with Crippen LogP contribution in [-0.4, -0.2) is 32.2 Å². The zero-order valence-corrected chi connectivity index (χ0v) is 27.8. The molecule has 0 saturated heterocycles. The van der Waals surface area contributed by atoms with Crippen molar-refractivity contribution in [3.05, 3.63) is 107 Å². The van der Waals surface area contributed by atoms with Gasteiger partial charge in [0.2, 0.25) is 0 Å². The molecule has 1 unspecified atom stereocenters. The second kappa shape index (κ2) is 15.8. The SMILES string of the molecule is CCN(CC)c1ccc(C(c2ccc(C)cc2)c2ccc(NCCCCCCOC(=O)C(C)(C)CC)c3ccccc23)cc1. The molecule has 0 radical (unpaired) electrons. The van der Waals surface area contributed by atoms with E-state index in [-0.39, 0.29) is 11.9 Å². The third kappa shape index (κ3) is 8.22. The van der Waals surface area contributed by atoms with E-state index in [2.05, 4.69) is 116 Å². The Bertz CT molecular complexity index is 1470. The minimum atomic E-state index is -0.391. The molecule has 1 atom stereocenters. The van der Waals surface area contributed by atoms with E-state index in [0.29, 0.717) is 6.61 Å². The van der Waals surface area contributed by atoms with Crippen molar-refractivity contribution in [1.29, 1.82) is 0 Å². The Morgan fingerprint density at radius 1 is 0.773 bits per heavy atom. The first-order chi connectivity index (χ1) is 21.3. The minimum absolute atomic E-state index is 0.0849. The fourth-order valence-corrected chi connectivity index (χ4v) is 5.81. The summed E-state index contributed by atoms with van der Waals surface area (Å²) in [7, 11) is 0. The minimum Gasteiger partial charge on any atom is -0.465 e. The highest BCUT2D eigenvalue weighted by molar-refractivity contribution is 5.97. The van der Waals surface area contributed by atoms with Crippen molar-refractivity contribution < 1.29 is 9.53 Å². The number of nitrogens with one attached hydrogen (secondary N) is 1. The monoisotopic (exact) mass is 592 g/mol. The molecule has 0 fully saturated rings. The predicted molar refractivity (Wildman–Crippen MR) is 188 cm³/mol.